The zero-order chi connectivity index (χ0) is 23.3. The summed E-state index contributed by atoms with van der Waals surface area (Å²) in [5.41, 5.74) is 7.75. The maximum absolute atomic E-state index is 15.7. The maximum atomic E-state index is 15.7. The molecule has 0 aromatic carbocycles. The SMILES string of the molecule is CNc1nc(OC[C@@]23CCCN2CC(F)C3)nc2c(F)c(-c3nc(N)cc(C)c3C)ncc12. The maximum Gasteiger partial charge on any atom is 0.319 e. The summed E-state index contributed by atoms with van der Waals surface area (Å²) in [5, 5.41) is 3.39. The van der Waals surface area contributed by atoms with Gasteiger partial charge in [-0.2, -0.15) is 9.97 Å². The number of nitrogens with two attached hydrogens (primary N) is 1. The fourth-order valence-electron chi connectivity index (χ4n) is 5.10. The number of nitrogens with zero attached hydrogens (tertiary/aromatic N) is 5. The van der Waals surface area contributed by atoms with Gasteiger partial charge in [-0.25, -0.2) is 13.8 Å². The first-order valence-corrected chi connectivity index (χ1v) is 11.1. The number of halogens is 2. The van der Waals surface area contributed by atoms with Crippen LogP contribution in [0.3, 0.4) is 0 Å². The number of nitrogen functional groups attached to an aromatic ring is 1. The van der Waals surface area contributed by atoms with Crippen LogP contribution in [-0.2, 0) is 0 Å². The van der Waals surface area contributed by atoms with Crippen molar-refractivity contribution in [3.05, 3.63) is 29.2 Å². The summed E-state index contributed by atoms with van der Waals surface area (Å²) in [4.78, 5) is 19.6. The van der Waals surface area contributed by atoms with Crippen molar-refractivity contribution in [3.8, 4) is 17.4 Å². The largest absolute Gasteiger partial charge is 0.461 e. The topological polar surface area (TPSA) is 102 Å². The van der Waals surface area contributed by atoms with E-state index in [1.807, 2.05) is 13.8 Å². The molecule has 0 amide bonds. The van der Waals surface area contributed by atoms with Crippen LogP contribution in [-0.4, -0.2) is 63.3 Å². The molecular formula is C23H27F2N7O. The van der Waals surface area contributed by atoms with E-state index in [1.54, 1.807) is 13.1 Å². The molecule has 0 bridgehead atoms. The second kappa shape index (κ2) is 8.02. The molecular weight excluding hydrogens is 428 g/mol. The van der Waals surface area contributed by atoms with Gasteiger partial charge in [0.1, 0.15) is 35.6 Å². The number of aryl methyl sites for hydroxylation is 1. The van der Waals surface area contributed by atoms with E-state index in [0.29, 0.717) is 35.7 Å². The van der Waals surface area contributed by atoms with Gasteiger partial charge in [0.25, 0.3) is 0 Å². The van der Waals surface area contributed by atoms with E-state index in [-0.39, 0.29) is 29.4 Å². The van der Waals surface area contributed by atoms with Crippen molar-refractivity contribution in [2.24, 2.45) is 0 Å². The standard InChI is InChI=1S/C23H27F2N7O/c1-12-7-16(26)29-18(13(12)2)20-17(25)19-15(9-28-20)21(27-3)31-22(30-19)33-11-23-5-4-6-32(23)10-14(24)8-23/h7,9,14H,4-6,8,10-11H2,1-3H3,(H2,26,29)(H,27,30,31)/t14?,23-/m0/s1. The Morgan fingerprint density at radius 3 is 2.88 bits per heavy atom. The van der Waals surface area contributed by atoms with E-state index in [1.165, 1.54) is 6.20 Å². The van der Waals surface area contributed by atoms with Crippen LogP contribution >= 0.6 is 0 Å². The molecule has 5 rings (SSSR count). The third kappa shape index (κ3) is 3.62. The molecule has 2 aliphatic rings. The van der Waals surface area contributed by atoms with E-state index in [2.05, 4.69) is 30.2 Å². The third-order valence-electron chi connectivity index (χ3n) is 6.91. The lowest BCUT2D eigenvalue weighted by atomic mass is 9.95. The molecule has 2 atom stereocenters. The predicted octanol–water partition coefficient (Wildman–Crippen LogP) is 3.42. The van der Waals surface area contributed by atoms with Crippen molar-refractivity contribution in [2.45, 2.75) is 44.8 Å². The van der Waals surface area contributed by atoms with Crippen molar-refractivity contribution >= 4 is 22.5 Å². The van der Waals surface area contributed by atoms with Crippen LogP contribution in [0.1, 0.15) is 30.4 Å². The van der Waals surface area contributed by atoms with Crippen molar-refractivity contribution in [3.63, 3.8) is 0 Å². The lowest BCUT2D eigenvalue weighted by Gasteiger charge is -2.30. The summed E-state index contributed by atoms with van der Waals surface area (Å²) in [5.74, 6) is 0.0688. The van der Waals surface area contributed by atoms with E-state index < -0.39 is 12.0 Å². The molecule has 3 N–H and O–H groups in total. The number of aromatic nitrogens is 4. The monoisotopic (exact) mass is 455 g/mol. The van der Waals surface area contributed by atoms with Gasteiger partial charge in [0, 0.05) is 26.2 Å². The first-order valence-electron chi connectivity index (χ1n) is 11.1. The highest BCUT2D eigenvalue weighted by atomic mass is 19.1. The second-order valence-corrected chi connectivity index (χ2v) is 8.99. The highest BCUT2D eigenvalue weighted by Crippen LogP contribution is 2.40. The molecule has 0 spiro atoms. The molecule has 2 fully saturated rings. The number of anilines is 2. The van der Waals surface area contributed by atoms with Crippen molar-refractivity contribution in [2.75, 3.05) is 37.8 Å². The highest BCUT2D eigenvalue weighted by molar-refractivity contribution is 5.91. The molecule has 0 aliphatic carbocycles. The number of ether oxygens (including phenoxy) is 1. The molecule has 3 aromatic rings. The van der Waals surface area contributed by atoms with Crippen molar-refractivity contribution < 1.29 is 13.5 Å². The molecule has 3 aromatic heterocycles. The number of pyridine rings is 2. The van der Waals surface area contributed by atoms with Crippen LogP contribution in [0, 0.1) is 19.7 Å². The molecule has 2 aliphatic heterocycles. The first-order chi connectivity index (χ1) is 15.8. The fraction of sp³-hybridized carbons (Fsp3) is 0.478. The third-order valence-corrected chi connectivity index (χ3v) is 6.91. The Balaban J connectivity index is 1.55. The summed E-state index contributed by atoms with van der Waals surface area (Å²) in [6.07, 6.45) is 2.96. The summed E-state index contributed by atoms with van der Waals surface area (Å²) in [6.45, 7) is 5.29. The zero-order valence-corrected chi connectivity index (χ0v) is 19.0. The molecule has 0 saturated carbocycles. The zero-order valence-electron chi connectivity index (χ0n) is 19.0. The smallest absolute Gasteiger partial charge is 0.319 e. The number of nitrogens with one attached hydrogen (secondary N) is 1. The van der Waals surface area contributed by atoms with E-state index in [9.17, 15) is 4.39 Å². The molecule has 8 nitrogen and oxygen atoms in total. The van der Waals surface area contributed by atoms with Gasteiger partial charge in [-0.3, -0.25) is 9.88 Å². The minimum atomic E-state index is -0.858. The minimum absolute atomic E-state index is 0.0415. The normalized spacial score (nSPS) is 22.6. The summed E-state index contributed by atoms with van der Waals surface area (Å²) >= 11 is 0. The lowest BCUT2D eigenvalue weighted by molar-refractivity contribution is 0.107. The van der Waals surface area contributed by atoms with Gasteiger partial charge in [-0.15, -0.1) is 0 Å². The average molecular weight is 456 g/mol. The van der Waals surface area contributed by atoms with Crippen LogP contribution in [0.25, 0.3) is 22.3 Å². The quantitative estimate of drug-likeness (QED) is 0.603. The van der Waals surface area contributed by atoms with Gasteiger partial charge in [-0.1, -0.05) is 0 Å². The van der Waals surface area contributed by atoms with Gasteiger partial charge < -0.3 is 15.8 Å². The Morgan fingerprint density at radius 1 is 1.27 bits per heavy atom. The van der Waals surface area contributed by atoms with Crippen LogP contribution in [0.5, 0.6) is 6.01 Å². The van der Waals surface area contributed by atoms with E-state index >= 15 is 4.39 Å². The van der Waals surface area contributed by atoms with Gasteiger partial charge in [0.05, 0.1) is 16.6 Å². The van der Waals surface area contributed by atoms with Crippen LogP contribution in [0.2, 0.25) is 0 Å². The van der Waals surface area contributed by atoms with Crippen LogP contribution in [0.15, 0.2) is 12.3 Å². The fourth-order valence-corrected chi connectivity index (χ4v) is 5.10. The van der Waals surface area contributed by atoms with Crippen molar-refractivity contribution in [1.29, 1.82) is 0 Å². The molecule has 174 valence electrons. The highest BCUT2D eigenvalue weighted by Gasteiger charge is 2.49. The van der Waals surface area contributed by atoms with Gasteiger partial charge >= 0.3 is 6.01 Å². The van der Waals surface area contributed by atoms with E-state index in [4.69, 9.17) is 10.5 Å². The Kier molecular flexibility index (Phi) is 5.27. The van der Waals surface area contributed by atoms with Gasteiger partial charge in [0.15, 0.2) is 5.82 Å². The number of hydrogen-bond acceptors (Lipinski definition) is 8. The summed E-state index contributed by atoms with van der Waals surface area (Å²) in [6, 6.07) is 1.78. The molecule has 1 unspecified atom stereocenters. The summed E-state index contributed by atoms with van der Waals surface area (Å²) < 4.78 is 35.8. The predicted molar refractivity (Wildman–Crippen MR) is 123 cm³/mol. The average Bonchev–Trinajstić information content (AvgIpc) is 3.30. The molecule has 10 heteroatoms. The Morgan fingerprint density at radius 2 is 2.09 bits per heavy atom. The number of hydrogen-bond donors (Lipinski definition) is 2. The molecule has 0 radical (unpaired) electrons. The first kappa shape index (κ1) is 21.7. The van der Waals surface area contributed by atoms with Gasteiger partial charge in [-0.05, 0) is 50.4 Å². The second-order valence-electron chi connectivity index (χ2n) is 8.99. The number of alkyl halides is 1. The van der Waals surface area contributed by atoms with Crippen LogP contribution < -0.4 is 15.8 Å². The number of fused-ring (bicyclic) bond motifs is 2. The Hall–Kier alpha value is -3.14. The number of rotatable bonds is 5. The lowest BCUT2D eigenvalue weighted by Crippen LogP contribution is -2.43. The minimum Gasteiger partial charge on any atom is -0.461 e. The van der Waals surface area contributed by atoms with E-state index in [0.717, 1.165) is 30.5 Å². The van der Waals surface area contributed by atoms with Crippen LogP contribution in [0.4, 0.5) is 20.4 Å². The Bertz CT molecular complexity index is 1240. The van der Waals surface area contributed by atoms with Crippen molar-refractivity contribution in [1.82, 2.24) is 24.8 Å². The molecule has 5 heterocycles. The Labute approximate surface area is 190 Å². The summed E-state index contributed by atoms with van der Waals surface area (Å²) in [7, 11) is 1.69. The molecule has 2 saturated heterocycles. The van der Waals surface area contributed by atoms with Gasteiger partial charge in [0.2, 0.25) is 0 Å². The molecule has 33 heavy (non-hydrogen) atoms.